The largest absolute Gasteiger partial charge is 0.348 e. The summed E-state index contributed by atoms with van der Waals surface area (Å²) < 4.78 is 3.13. The molecular weight excluding hydrogens is 320 g/mol. The number of carbonyl (C=O) groups excluding carboxylic acids is 1. The number of Topliss-reactive ketones (excluding diaryl/α,β-unsaturated/α-hetero) is 1. The van der Waals surface area contributed by atoms with Gasteiger partial charge in [-0.1, -0.05) is 30.3 Å². The molecule has 1 fully saturated rings. The molecule has 1 aromatic carbocycles. The van der Waals surface area contributed by atoms with Gasteiger partial charge >= 0.3 is 0 Å². The van der Waals surface area contributed by atoms with E-state index < -0.39 is 0 Å². The van der Waals surface area contributed by atoms with Crippen molar-refractivity contribution in [3.8, 4) is 0 Å². The molecule has 0 bridgehead atoms. The van der Waals surface area contributed by atoms with Crippen LogP contribution in [0.5, 0.6) is 0 Å². The third-order valence-corrected chi connectivity index (χ3v) is 6.21. The van der Waals surface area contributed by atoms with Crippen LogP contribution in [0.25, 0.3) is 0 Å². The lowest BCUT2D eigenvalue weighted by Crippen LogP contribution is -2.50. The van der Waals surface area contributed by atoms with E-state index in [9.17, 15) is 4.79 Å². The maximum atomic E-state index is 13.0. The van der Waals surface area contributed by atoms with Crippen molar-refractivity contribution >= 4 is 5.78 Å². The third kappa shape index (κ3) is 4.09. The second-order valence-electron chi connectivity index (χ2n) is 8.47. The zero-order valence-electron chi connectivity index (χ0n) is 16.8. The lowest BCUT2D eigenvalue weighted by molar-refractivity contribution is -0.906. The van der Waals surface area contributed by atoms with Gasteiger partial charge in [0, 0.05) is 23.5 Å². The van der Waals surface area contributed by atoms with Gasteiger partial charge in [0.25, 0.3) is 0 Å². The van der Waals surface area contributed by atoms with Crippen molar-refractivity contribution in [1.82, 2.24) is 4.57 Å². The number of nitrogens with zero attached hydrogens (tertiary/aromatic N) is 2. The van der Waals surface area contributed by atoms with Crippen LogP contribution >= 0.6 is 0 Å². The van der Waals surface area contributed by atoms with Crippen LogP contribution in [0.15, 0.2) is 36.4 Å². The summed E-state index contributed by atoms with van der Waals surface area (Å²) >= 11 is 0. The summed E-state index contributed by atoms with van der Waals surface area (Å²) in [5.74, 6) is 0.293. The van der Waals surface area contributed by atoms with Gasteiger partial charge in [0.2, 0.25) is 5.78 Å². The Morgan fingerprint density at radius 1 is 1.12 bits per heavy atom. The van der Waals surface area contributed by atoms with Crippen molar-refractivity contribution in [2.75, 3.05) is 20.6 Å². The number of ketones is 1. The van der Waals surface area contributed by atoms with E-state index in [4.69, 9.17) is 0 Å². The summed E-state index contributed by atoms with van der Waals surface area (Å²) in [4.78, 5) is 13.0. The van der Waals surface area contributed by atoms with E-state index in [1.165, 1.54) is 36.9 Å². The van der Waals surface area contributed by atoms with Gasteiger partial charge in [-0.2, -0.15) is 0 Å². The highest BCUT2D eigenvalue weighted by Gasteiger charge is 2.34. The fourth-order valence-electron chi connectivity index (χ4n) is 4.50. The quantitative estimate of drug-likeness (QED) is 0.529. The van der Waals surface area contributed by atoms with Crippen LogP contribution in [0.2, 0.25) is 0 Å². The van der Waals surface area contributed by atoms with Crippen LogP contribution < -0.4 is 0 Å². The molecule has 0 spiro atoms. The lowest BCUT2D eigenvalue weighted by Gasteiger charge is -2.35. The average molecular weight is 354 g/mol. The molecule has 1 aliphatic carbocycles. The van der Waals surface area contributed by atoms with Crippen molar-refractivity contribution in [3.63, 3.8) is 0 Å². The standard InChI is InChI=1S/C23H33N2O/c1-18-16-22(23(26)17-25(3,4)21-12-8-9-13-21)19(2)24(18)15-14-20-10-6-5-7-11-20/h5-7,10-11,16,21H,8-9,12-15,17H2,1-4H3/q+1. The first kappa shape index (κ1) is 18.9. The molecule has 26 heavy (non-hydrogen) atoms. The highest BCUT2D eigenvalue weighted by molar-refractivity contribution is 5.98. The predicted octanol–water partition coefficient (Wildman–Crippen LogP) is 4.55. The maximum Gasteiger partial charge on any atom is 0.218 e. The Kier molecular flexibility index (Phi) is 5.67. The molecule has 140 valence electrons. The van der Waals surface area contributed by atoms with E-state index >= 15 is 0 Å². The monoisotopic (exact) mass is 353 g/mol. The Labute approximate surface area is 158 Å². The van der Waals surface area contributed by atoms with Gasteiger partial charge in [0.15, 0.2) is 0 Å². The minimum absolute atomic E-state index is 0.293. The van der Waals surface area contributed by atoms with Gasteiger partial charge < -0.3 is 9.05 Å². The van der Waals surface area contributed by atoms with E-state index in [0.29, 0.717) is 18.4 Å². The number of rotatable bonds is 7. The van der Waals surface area contributed by atoms with Crippen molar-refractivity contribution in [1.29, 1.82) is 0 Å². The number of benzene rings is 1. The average Bonchev–Trinajstić information content (AvgIpc) is 3.23. The minimum atomic E-state index is 0.293. The van der Waals surface area contributed by atoms with Crippen molar-refractivity contribution in [3.05, 3.63) is 58.9 Å². The van der Waals surface area contributed by atoms with Gasteiger partial charge in [0.1, 0.15) is 6.54 Å². The van der Waals surface area contributed by atoms with Gasteiger partial charge in [-0.05, 0) is 57.6 Å². The predicted molar refractivity (Wildman–Crippen MR) is 108 cm³/mol. The van der Waals surface area contributed by atoms with E-state index in [1.807, 2.05) is 0 Å². The minimum Gasteiger partial charge on any atom is -0.348 e. The molecule has 1 aromatic heterocycles. The normalized spacial score (nSPS) is 15.5. The molecule has 3 heteroatoms. The molecule has 0 N–H and O–H groups in total. The number of aryl methyl sites for hydroxylation is 2. The van der Waals surface area contributed by atoms with Crippen LogP contribution in [0.4, 0.5) is 0 Å². The summed E-state index contributed by atoms with van der Waals surface area (Å²) in [6.07, 6.45) is 6.14. The van der Waals surface area contributed by atoms with Gasteiger partial charge in [0.05, 0.1) is 20.1 Å². The summed E-state index contributed by atoms with van der Waals surface area (Å²) in [5, 5.41) is 0. The first-order valence-electron chi connectivity index (χ1n) is 9.95. The SMILES string of the molecule is Cc1cc(C(=O)C[N+](C)(C)C2CCCC2)c(C)n1CCc1ccccc1. The molecule has 1 saturated carbocycles. The molecule has 1 heterocycles. The Morgan fingerprint density at radius 3 is 2.42 bits per heavy atom. The second-order valence-corrected chi connectivity index (χ2v) is 8.47. The van der Waals surface area contributed by atoms with E-state index in [2.05, 4.69) is 68.9 Å². The first-order chi connectivity index (χ1) is 12.4. The summed E-state index contributed by atoms with van der Waals surface area (Å²) in [7, 11) is 4.45. The summed E-state index contributed by atoms with van der Waals surface area (Å²) in [5.41, 5.74) is 4.56. The zero-order valence-corrected chi connectivity index (χ0v) is 16.8. The number of quaternary nitrogens is 1. The Balaban J connectivity index is 1.71. The number of aromatic nitrogens is 1. The number of likely N-dealkylation sites (N-methyl/N-ethyl adjacent to an activating group) is 1. The highest BCUT2D eigenvalue weighted by Crippen LogP contribution is 2.27. The second kappa shape index (κ2) is 7.79. The van der Waals surface area contributed by atoms with Crippen LogP contribution in [0, 0.1) is 13.8 Å². The molecule has 0 saturated heterocycles. The Bertz CT molecular complexity index is 752. The topological polar surface area (TPSA) is 22.0 Å². The molecule has 0 radical (unpaired) electrons. The molecule has 0 amide bonds. The van der Waals surface area contributed by atoms with Crippen molar-refractivity contribution in [2.24, 2.45) is 0 Å². The zero-order chi connectivity index (χ0) is 18.7. The van der Waals surface area contributed by atoms with Crippen LogP contribution in [0.1, 0.15) is 53.0 Å². The molecule has 0 atom stereocenters. The highest BCUT2D eigenvalue weighted by atomic mass is 16.1. The van der Waals surface area contributed by atoms with Crippen LogP contribution in [-0.2, 0) is 13.0 Å². The van der Waals surface area contributed by atoms with E-state index in [0.717, 1.165) is 28.7 Å². The molecule has 0 unspecified atom stereocenters. The first-order valence-corrected chi connectivity index (χ1v) is 9.95. The smallest absolute Gasteiger partial charge is 0.218 e. The lowest BCUT2D eigenvalue weighted by atomic mass is 10.1. The molecular formula is C23H33N2O+. The van der Waals surface area contributed by atoms with Crippen molar-refractivity contribution < 1.29 is 9.28 Å². The van der Waals surface area contributed by atoms with Gasteiger partial charge in [-0.3, -0.25) is 4.79 Å². The van der Waals surface area contributed by atoms with E-state index in [1.54, 1.807) is 0 Å². The number of hydrogen-bond acceptors (Lipinski definition) is 1. The Morgan fingerprint density at radius 2 is 1.77 bits per heavy atom. The van der Waals surface area contributed by atoms with Crippen LogP contribution in [-0.4, -0.2) is 41.5 Å². The molecule has 2 aromatic rings. The Hall–Kier alpha value is -1.87. The summed E-state index contributed by atoms with van der Waals surface area (Å²) in [6, 6.07) is 13.3. The molecule has 0 aliphatic heterocycles. The third-order valence-electron chi connectivity index (χ3n) is 6.21. The molecule has 3 rings (SSSR count). The van der Waals surface area contributed by atoms with E-state index in [-0.39, 0.29) is 0 Å². The molecule has 3 nitrogen and oxygen atoms in total. The number of hydrogen-bond donors (Lipinski definition) is 0. The maximum absolute atomic E-state index is 13.0. The van der Waals surface area contributed by atoms with Crippen LogP contribution in [0.3, 0.4) is 0 Å². The van der Waals surface area contributed by atoms with Gasteiger partial charge in [-0.25, -0.2) is 0 Å². The fourth-order valence-corrected chi connectivity index (χ4v) is 4.50. The number of carbonyl (C=O) groups is 1. The molecule has 1 aliphatic rings. The van der Waals surface area contributed by atoms with Gasteiger partial charge in [-0.15, -0.1) is 0 Å². The van der Waals surface area contributed by atoms with Crippen molar-refractivity contribution in [2.45, 2.75) is 58.5 Å². The summed E-state index contributed by atoms with van der Waals surface area (Å²) in [6.45, 7) is 5.75. The fraction of sp³-hybridized carbons (Fsp3) is 0.522.